The lowest BCUT2D eigenvalue weighted by molar-refractivity contribution is -0.384. The fraction of sp³-hybridized carbons (Fsp3) is 0.0952. The van der Waals surface area contributed by atoms with Crippen LogP contribution in [0, 0.1) is 10.1 Å². The summed E-state index contributed by atoms with van der Waals surface area (Å²) in [6.07, 6.45) is 1.58. The number of nitro benzene ring substituents is 1. The molecule has 0 aromatic heterocycles. The van der Waals surface area contributed by atoms with E-state index in [9.17, 15) is 10.1 Å². The molecule has 3 aromatic rings. The van der Waals surface area contributed by atoms with Gasteiger partial charge in [0.15, 0.2) is 11.5 Å². The van der Waals surface area contributed by atoms with Crippen LogP contribution in [0.25, 0.3) is 0 Å². The number of hydrogen-bond acceptors (Lipinski definition) is 6. The molecule has 8 heteroatoms. The summed E-state index contributed by atoms with van der Waals surface area (Å²) >= 11 is 6.17. The van der Waals surface area contributed by atoms with Crippen molar-refractivity contribution in [3.63, 3.8) is 0 Å². The van der Waals surface area contributed by atoms with Gasteiger partial charge in [-0.1, -0.05) is 35.9 Å². The van der Waals surface area contributed by atoms with Crippen LogP contribution in [0.4, 0.5) is 11.4 Å². The van der Waals surface area contributed by atoms with Crippen molar-refractivity contribution in [3.05, 3.63) is 93.0 Å². The predicted octanol–water partition coefficient (Wildman–Crippen LogP) is 5.28. The molecule has 0 aliphatic heterocycles. The zero-order chi connectivity index (χ0) is 20.6. The van der Waals surface area contributed by atoms with Crippen LogP contribution in [0.1, 0.15) is 11.1 Å². The molecule has 3 aromatic carbocycles. The summed E-state index contributed by atoms with van der Waals surface area (Å²) in [5, 5.41) is 15.6. The summed E-state index contributed by atoms with van der Waals surface area (Å²) in [6, 6.07) is 18.9. The number of hydrazone groups is 1. The zero-order valence-electron chi connectivity index (χ0n) is 15.5. The van der Waals surface area contributed by atoms with Crippen molar-refractivity contribution in [2.45, 2.75) is 6.61 Å². The normalized spacial score (nSPS) is 10.7. The monoisotopic (exact) mass is 411 g/mol. The molecule has 0 spiro atoms. The fourth-order valence-corrected chi connectivity index (χ4v) is 2.72. The van der Waals surface area contributed by atoms with Crippen LogP contribution >= 0.6 is 11.6 Å². The van der Waals surface area contributed by atoms with Crippen LogP contribution in [0.5, 0.6) is 11.5 Å². The van der Waals surface area contributed by atoms with E-state index in [2.05, 4.69) is 10.5 Å². The Labute approximate surface area is 172 Å². The first-order valence-corrected chi connectivity index (χ1v) is 9.02. The van der Waals surface area contributed by atoms with Crippen LogP contribution in [0.2, 0.25) is 5.02 Å². The molecule has 7 nitrogen and oxygen atoms in total. The smallest absolute Gasteiger partial charge is 0.271 e. The molecule has 1 N–H and O–H groups in total. The second-order valence-electron chi connectivity index (χ2n) is 5.97. The van der Waals surface area contributed by atoms with Gasteiger partial charge in [-0.05, 0) is 35.9 Å². The third-order valence-electron chi connectivity index (χ3n) is 3.99. The molecule has 0 amide bonds. The van der Waals surface area contributed by atoms with Crippen molar-refractivity contribution in [3.8, 4) is 11.5 Å². The van der Waals surface area contributed by atoms with E-state index in [0.717, 1.165) is 11.1 Å². The van der Waals surface area contributed by atoms with Crippen molar-refractivity contribution in [1.82, 2.24) is 0 Å². The molecule has 29 heavy (non-hydrogen) atoms. The van der Waals surface area contributed by atoms with Gasteiger partial charge in [-0.2, -0.15) is 5.10 Å². The maximum absolute atomic E-state index is 10.8. The molecule has 0 bridgehead atoms. The number of ether oxygens (including phenoxy) is 2. The van der Waals surface area contributed by atoms with Gasteiger partial charge in [0, 0.05) is 22.7 Å². The maximum Gasteiger partial charge on any atom is 0.271 e. The quantitative estimate of drug-likeness (QED) is 0.309. The van der Waals surface area contributed by atoms with Gasteiger partial charge in [0.1, 0.15) is 6.61 Å². The minimum absolute atomic E-state index is 0.00935. The number of halogens is 1. The van der Waals surface area contributed by atoms with Crippen molar-refractivity contribution in [2.24, 2.45) is 5.10 Å². The SMILES string of the molecule is COc1ccc(C=NNc2cccc([N+](=O)[O-])c2)cc1OCc1ccccc1Cl. The first-order valence-electron chi connectivity index (χ1n) is 8.64. The lowest BCUT2D eigenvalue weighted by Crippen LogP contribution is -1.99. The van der Waals surface area contributed by atoms with Gasteiger partial charge in [0.05, 0.1) is 23.9 Å². The summed E-state index contributed by atoms with van der Waals surface area (Å²) in [5.74, 6) is 1.13. The molecule has 148 valence electrons. The Kier molecular flexibility index (Phi) is 6.65. The van der Waals surface area contributed by atoms with Crippen LogP contribution in [-0.4, -0.2) is 18.2 Å². The van der Waals surface area contributed by atoms with Crippen molar-refractivity contribution >= 4 is 29.2 Å². The van der Waals surface area contributed by atoms with Gasteiger partial charge in [-0.25, -0.2) is 0 Å². The third kappa shape index (κ3) is 5.46. The van der Waals surface area contributed by atoms with E-state index in [0.29, 0.717) is 28.8 Å². The van der Waals surface area contributed by atoms with E-state index in [1.54, 1.807) is 43.7 Å². The Morgan fingerprint density at radius 3 is 2.69 bits per heavy atom. The number of non-ortho nitro benzene ring substituents is 1. The van der Waals surface area contributed by atoms with Gasteiger partial charge in [0.2, 0.25) is 0 Å². The molecule has 0 aliphatic rings. The van der Waals surface area contributed by atoms with Crippen LogP contribution < -0.4 is 14.9 Å². The second kappa shape index (κ2) is 9.57. The van der Waals surface area contributed by atoms with Crippen molar-refractivity contribution < 1.29 is 14.4 Å². The third-order valence-corrected chi connectivity index (χ3v) is 4.36. The highest BCUT2D eigenvalue weighted by atomic mass is 35.5. The maximum atomic E-state index is 10.8. The lowest BCUT2D eigenvalue weighted by Gasteiger charge is -2.12. The second-order valence-corrected chi connectivity index (χ2v) is 6.38. The van der Waals surface area contributed by atoms with E-state index in [-0.39, 0.29) is 5.69 Å². The number of nitrogens with one attached hydrogen (secondary N) is 1. The predicted molar refractivity (Wildman–Crippen MR) is 113 cm³/mol. The topological polar surface area (TPSA) is 86.0 Å². The molecule has 0 aliphatic carbocycles. The van der Waals surface area contributed by atoms with Gasteiger partial charge < -0.3 is 9.47 Å². The minimum Gasteiger partial charge on any atom is -0.493 e. The summed E-state index contributed by atoms with van der Waals surface area (Å²) in [5.41, 5.74) is 4.91. The lowest BCUT2D eigenvalue weighted by atomic mass is 10.2. The van der Waals surface area contributed by atoms with Gasteiger partial charge in [0.25, 0.3) is 5.69 Å². The summed E-state index contributed by atoms with van der Waals surface area (Å²) in [6.45, 7) is 0.294. The van der Waals surface area contributed by atoms with E-state index in [4.69, 9.17) is 21.1 Å². The average molecular weight is 412 g/mol. The first kappa shape index (κ1) is 20.2. The van der Waals surface area contributed by atoms with Crippen LogP contribution in [0.15, 0.2) is 71.8 Å². The summed E-state index contributed by atoms with van der Waals surface area (Å²) < 4.78 is 11.2. The Morgan fingerprint density at radius 2 is 1.93 bits per heavy atom. The summed E-state index contributed by atoms with van der Waals surface area (Å²) in [7, 11) is 1.56. The molecular weight excluding hydrogens is 394 g/mol. The highest BCUT2D eigenvalue weighted by Gasteiger charge is 2.08. The van der Waals surface area contributed by atoms with Crippen LogP contribution in [0.3, 0.4) is 0 Å². The molecule has 0 heterocycles. The average Bonchev–Trinajstić information content (AvgIpc) is 2.73. The van der Waals surface area contributed by atoms with Crippen molar-refractivity contribution in [2.75, 3.05) is 12.5 Å². The van der Waals surface area contributed by atoms with E-state index in [1.165, 1.54) is 12.1 Å². The van der Waals surface area contributed by atoms with Gasteiger partial charge in [-0.15, -0.1) is 0 Å². The van der Waals surface area contributed by atoms with E-state index < -0.39 is 4.92 Å². The van der Waals surface area contributed by atoms with Gasteiger partial charge in [-0.3, -0.25) is 15.5 Å². The fourth-order valence-electron chi connectivity index (χ4n) is 2.53. The molecule has 0 saturated carbocycles. The Balaban J connectivity index is 1.71. The highest BCUT2D eigenvalue weighted by molar-refractivity contribution is 6.31. The number of hydrogen-bond donors (Lipinski definition) is 1. The van der Waals surface area contributed by atoms with Crippen molar-refractivity contribution in [1.29, 1.82) is 0 Å². The van der Waals surface area contributed by atoms with E-state index in [1.807, 2.05) is 24.3 Å². The van der Waals surface area contributed by atoms with Crippen LogP contribution in [-0.2, 0) is 6.61 Å². The highest BCUT2D eigenvalue weighted by Crippen LogP contribution is 2.29. The largest absolute Gasteiger partial charge is 0.493 e. The number of nitrogens with zero attached hydrogens (tertiary/aromatic N) is 2. The number of nitro groups is 1. The Morgan fingerprint density at radius 1 is 1.10 bits per heavy atom. The minimum atomic E-state index is -0.457. The number of benzene rings is 3. The molecule has 0 atom stereocenters. The molecule has 0 unspecified atom stereocenters. The zero-order valence-corrected chi connectivity index (χ0v) is 16.3. The molecule has 0 radical (unpaired) electrons. The molecule has 0 saturated heterocycles. The summed E-state index contributed by atoms with van der Waals surface area (Å²) in [4.78, 5) is 10.4. The number of anilines is 1. The first-order chi connectivity index (χ1) is 14.1. The van der Waals surface area contributed by atoms with E-state index >= 15 is 0 Å². The number of rotatable bonds is 8. The molecule has 0 fully saturated rings. The standard InChI is InChI=1S/C21H18ClN3O4/c1-28-20-10-9-15(11-21(20)29-14-16-5-2-3-8-19(16)22)13-23-24-17-6-4-7-18(12-17)25(26)27/h2-13,24H,14H2,1H3. The molecular formula is C21H18ClN3O4. The Bertz CT molecular complexity index is 1040. The Hall–Kier alpha value is -3.58. The van der Waals surface area contributed by atoms with Gasteiger partial charge >= 0.3 is 0 Å². The number of methoxy groups -OCH3 is 1. The molecule has 3 rings (SSSR count).